The average molecular weight is 295 g/mol. The molecule has 0 aromatic carbocycles. The molecule has 0 aliphatic carbocycles. The third-order valence-electron chi connectivity index (χ3n) is 3.32. The predicted molar refractivity (Wildman–Crippen MR) is 70.2 cm³/mol. The lowest BCUT2D eigenvalue weighted by molar-refractivity contribution is 0.246. The minimum Gasteiger partial charge on any atom is -0.306 e. The molecule has 5 heteroatoms. The van der Waals surface area contributed by atoms with Crippen LogP contribution in [-0.4, -0.2) is 39.6 Å². The number of nitrogens with zero attached hydrogens (tertiary/aromatic N) is 4. The van der Waals surface area contributed by atoms with Gasteiger partial charge in [0.2, 0.25) is 0 Å². The van der Waals surface area contributed by atoms with E-state index in [-0.39, 0.29) is 0 Å². The van der Waals surface area contributed by atoms with Crippen molar-refractivity contribution in [1.29, 1.82) is 0 Å². The first-order valence-electron chi connectivity index (χ1n) is 5.93. The number of hydrogen-bond acceptors (Lipinski definition) is 3. The van der Waals surface area contributed by atoms with E-state index in [1.165, 1.54) is 19.4 Å². The third-order valence-corrected chi connectivity index (χ3v) is 3.94. The van der Waals surface area contributed by atoms with Crippen LogP contribution >= 0.6 is 15.9 Å². The first-order chi connectivity index (χ1) is 8.24. The van der Waals surface area contributed by atoms with E-state index in [9.17, 15) is 0 Å². The average Bonchev–Trinajstić information content (AvgIpc) is 2.74. The highest BCUT2D eigenvalue weighted by Gasteiger charge is 2.22. The smallest absolute Gasteiger partial charge is 0.169 e. The lowest BCUT2D eigenvalue weighted by Gasteiger charge is -2.27. The molecule has 0 bridgehead atoms. The summed E-state index contributed by atoms with van der Waals surface area (Å²) in [6, 6.07) is 3.98. The van der Waals surface area contributed by atoms with Crippen LogP contribution in [0, 0.1) is 0 Å². The summed E-state index contributed by atoms with van der Waals surface area (Å²) in [6.45, 7) is 2.25. The monoisotopic (exact) mass is 294 g/mol. The second-order valence-electron chi connectivity index (χ2n) is 4.70. The van der Waals surface area contributed by atoms with Crippen LogP contribution in [0.4, 0.5) is 0 Å². The molecule has 0 spiro atoms. The number of fused-ring (bicyclic) bond motifs is 1. The number of halogens is 1. The summed E-state index contributed by atoms with van der Waals surface area (Å²) in [5, 5.41) is 4.58. The molecule has 17 heavy (non-hydrogen) atoms. The van der Waals surface area contributed by atoms with E-state index in [0.29, 0.717) is 5.92 Å². The van der Waals surface area contributed by atoms with Crippen LogP contribution in [-0.2, 0) is 0 Å². The van der Waals surface area contributed by atoms with Gasteiger partial charge in [-0.25, -0.2) is 9.50 Å². The molecule has 1 fully saturated rings. The molecule has 2 aromatic rings. The minimum absolute atomic E-state index is 0.473. The molecule has 90 valence electrons. The van der Waals surface area contributed by atoms with E-state index < -0.39 is 0 Å². The summed E-state index contributed by atoms with van der Waals surface area (Å²) in [4.78, 5) is 7.00. The highest BCUT2D eigenvalue weighted by Crippen LogP contribution is 2.25. The van der Waals surface area contributed by atoms with Crippen LogP contribution in [0.25, 0.3) is 5.65 Å². The zero-order valence-corrected chi connectivity index (χ0v) is 11.4. The molecule has 4 nitrogen and oxygen atoms in total. The van der Waals surface area contributed by atoms with Crippen molar-refractivity contribution in [1.82, 2.24) is 19.5 Å². The van der Waals surface area contributed by atoms with E-state index in [0.717, 1.165) is 22.5 Å². The molecule has 0 radical (unpaired) electrons. The summed E-state index contributed by atoms with van der Waals surface area (Å²) >= 11 is 3.51. The maximum Gasteiger partial charge on any atom is 0.169 e. The van der Waals surface area contributed by atoms with Gasteiger partial charge in [-0.3, -0.25) is 0 Å². The van der Waals surface area contributed by atoms with Gasteiger partial charge in [0.05, 0.1) is 4.47 Å². The Bertz CT molecular complexity index is 536. The van der Waals surface area contributed by atoms with Crippen molar-refractivity contribution in [2.45, 2.75) is 18.8 Å². The Labute approximate surface area is 109 Å². The third kappa shape index (κ3) is 2.09. The fourth-order valence-corrected chi connectivity index (χ4v) is 2.86. The van der Waals surface area contributed by atoms with E-state index in [4.69, 9.17) is 0 Å². The SMILES string of the molecule is CN1CCCC(c2nc3c(Br)cccn3n2)C1. The molecule has 3 heterocycles. The zero-order chi connectivity index (χ0) is 11.8. The number of hydrogen-bond donors (Lipinski definition) is 0. The second kappa shape index (κ2) is 4.38. The lowest BCUT2D eigenvalue weighted by atomic mass is 9.98. The van der Waals surface area contributed by atoms with Crippen molar-refractivity contribution < 1.29 is 0 Å². The standard InChI is InChI=1S/C12H15BrN4/c1-16-6-2-4-9(8-16)11-14-12-10(13)5-3-7-17(12)15-11/h3,5,7,9H,2,4,6,8H2,1H3. The van der Waals surface area contributed by atoms with Gasteiger partial charge >= 0.3 is 0 Å². The lowest BCUT2D eigenvalue weighted by Crippen LogP contribution is -2.31. The molecule has 0 N–H and O–H groups in total. The molecule has 0 saturated carbocycles. The normalized spacial score (nSPS) is 22.1. The summed E-state index contributed by atoms with van der Waals surface area (Å²) in [6.07, 6.45) is 4.37. The number of piperidine rings is 1. The Morgan fingerprint density at radius 3 is 3.12 bits per heavy atom. The molecule has 1 aliphatic heterocycles. The van der Waals surface area contributed by atoms with Gasteiger partial charge in [0.15, 0.2) is 11.5 Å². The fourth-order valence-electron chi connectivity index (χ4n) is 2.44. The van der Waals surface area contributed by atoms with Gasteiger partial charge in [0.25, 0.3) is 0 Å². The van der Waals surface area contributed by atoms with Gasteiger partial charge in [0, 0.05) is 18.7 Å². The van der Waals surface area contributed by atoms with Gasteiger partial charge in [-0.1, -0.05) is 0 Å². The Balaban J connectivity index is 1.97. The van der Waals surface area contributed by atoms with E-state index >= 15 is 0 Å². The quantitative estimate of drug-likeness (QED) is 0.809. The van der Waals surface area contributed by atoms with Gasteiger partial charge in [0.1, 0.15) is 0 Å². The van der Waals surface area contributed by atoms with Crippen LogP contribution in [0.3, 0.4) is 0 Å². The molecule has 1 unspecified atom stereocenters. The number of likely N-dealkylation sites (tertiary alicyclic amines) is 1. The Morgan fingerprint density at radius 1 is 1.47 bits per heavy atom. The van der Waals surface area contributed by atoms with Gasteiger partial charge in [-0.05, 0) is 54.5 Å². The van der Waals surface area contributed by atoms with Crippen molar-refractivity contribution >= 4 is 21.6 Å². The molecule has 2 aromatic heterocycles. The largest absolute Gasteiger partial charge is 0.306 e. The number of aromatic nitrogens is 3. The predicted octanol–water partition coefficient (Wildman–Crippen LogP) is 2.30. The maximum absolute atomic E-state index is 4.65. The van der Waals surface area contributed by atoms with Crippen LogP contribution in [0.2, 0.25) is 0 Å². The number of rotatable bonds is 1. The molecular weight excluding hydrogens is 280 g/mol. The Hall–Kier alpha value is -0.940. The van der Waals surface area contributed by atoms with Crippen molar-refractivity contribution in [2.75, 3.05) is 20.1 Å². The van der Waals surface area contributed by atoms with E-state index in [1.807, 2.05) is 22.8 Å². The van der Waals surface area contributed by atoms with Crippen molar-refractivity contribution in [3.63, 3.8) is 0 Å². The molecule has 1 aliphatic rings. The Morgan fingerprint density at radius 2 is 2.35 bits per heavy atom. The second-order valence-corrected chi connectivity index (χ2v) is 5.55. The van der Waals surface area contributed by atoms with Crippen LogP contribution in [0.1, 0.15) is 24.6 Å². The van der Waals surface area contributed by atoms with Crippen LogP contribution in [0.5, 0.6) is 0 Å². The summed E-state index contributed by atoms with van der Waals surface area (Å²) < 4.78 is 2.86. The molecule has 0 amide bonds. The van der Waals surface area contributed by atoms with Crippen molar-refractivity contribution in [2.24, 2.45) is 0 Å². The van der Waals surface area contributed by atoms with Crippen LogP contribution < -0.4 is 0 Å². The molecule has 1 saturated heterocycles. The van der Waals surface area contributed by atoms with Gasteiger partial charge in [-0.2, -0.15) is 5.10 Å². The van der Waals surface area contributed by atoms with Crippen molar-refractivity contribution in [3.8, 4) is 0 Å². The molecular formula is C12H15BrN4. The summed E-state index contributed by atoms with van der Waals surface area (Å²) in [5.41, 5.74) is 0.913. The summed E-state index contributed by atoms with van der Waals surface area (Å²) in [7, 11) is 2.16. The van der Waals surface area contributed by atoms with Gasteiger partial charge in [-0.15, -0.1) is 0 Å². The fraction of sp³-hybridized carbons (Fsp3) is 0.500. The first kappa shape index (κ1) is 11.2. The Kier molecular flexibility index (Phi) is 2.88. The molecule has 3 rings (SSSR count). The van der Waals surface area contributed by atoms with E-state index in [1.54, 1.807) is 0 Å². The van der Waals surface area contributed by atoms with Gasteiger partial charge < -0.3 is 4.90 Å². The topological polar surface area (TPSA) is 33.4 Å². The molecule has 1 atom stereocenters. The highest BCUT2D eigenvalue weighted by molar-refractivity contribution is 9.10. The highest BCUT2D eigenvalue weighted by atomic mass is 79.9. The van der Waals surface area contributed by atoms with Crippen LogP contribution in [0.15, 0.2) is 22.8 Å². The first-order valence-corrected chi connectivity index (χ1v) is 6.72. The zero-order valence-electron chi connectivity index (χ0n) is 9.80. The van der Waals surface area contributed by atoms with Crippen molar-refractivity contribution in [3.05, 3.63) is 28.6 Å². The number of likely N-dealkylation sites (N-methyl/N-ethyl adjacent to an activating group) is 1. The summed E-state index contributed by atoms with van der Waals surface area (Å²) in [5.74, 6) is 1.45. The minimum atomic E-state index is 0.473. The number of pyridine rings is 1. The maximum atomic E-state index is 4.65. The van der Waals surface area contributed by atoms with E-state index in [2.05, 4.69) is 38.0 Å².